The molecule has 2 aromatic rings. The van der Waals surface area contributed by atoms with E-state index in [0.29, 0.717) is 11.4 Å². The molecule has 2 rings (SSSR count). The van der Waals surface area contributed by atoms with Gasteiger partial charge in [0.05, 0.1) is 0 Å². The molecule has 0 aliphatic carbocycles. The summed E-state index contributed by atoms with van der Waals surface area (Å²) in [4.78, 5) is 3.90. The van der Waals surface area contributed by atoms with E-state index in [4.69, 9.17) is 12.6 Å². The maximum Gasteiger partial charge on any atom is 0.239 e. The molecule has 0 amide bonds. The van der Waals surface area contributed by atoms with Gasteiger partial charge in [-0.15, -0.1) is 5.10 Å². The second-order valence-corrected chi connectivity index (χ2v) is 2.84. The first-order valence-electron chi connectivity index (χ1n) is 3.61. The molecular formula is C8H5FN3S. The summed E-state index contributed by atoms with van der Waals surface area (Å²) in [5.41, 5.74) is 0.642. The monoisotopic (exact) mass is 194 g/mol. The Morgan fingerprint density at radius 3 is 2.85 bits per heavy atom. The van der Waals surface area contributed by atoms with Crippen LogP contribution in [0.5, 0.6) is 0 Å². The van der Waals surface area contributed by atoms with Gasteiger partial charge < -0.3 is 0 Å². The fraction of sp³-hybridized carbons (Fsp3) is 0. The van der Waals surface area contributed by atoms with Crippen LogP contribution in [0.1, 0.15) is 0 Å². The van der Waals surface area contributed by atoms with Crippen LogP contribution in [0.25, 0.3) is 11.4 Å². The number of aromatic amines is 1. The molecule has 1 N–H and O–H groups in total. The Morgan fingerprint density at radius 1 is 1.38 bits per heavy atom. The van der Waals surface area contributed by atoms with E-state index in [1.54, 1.807) is 12.1 Å². The van der Waals surface area contributed by atoms with Gasteiger partial charge in [-0.3, -0.25) is 5.10 Å². The van der Waals surface area contributed by atoms with Crippen LogP contribution in [0.15, 0.2) is 29.4 Å². The minimum absolute atomic E-state index is 0.235. The van der Waals surface area contributed by atoms with Crippen molar-refractivity contribution in [3.63, 3.8) is 0 Å². The molecule has 0 saturated carbocycles. The molecule has 0 aliphatic heterocycles. The topological polar surface area (TPSA) is 41.6 Å². The smallest absolute Gasteiger partial charge is 0.239 e. The largest absolute Gasteiger partial charge is 0.258 e. The predicted molar refractivity (Wildman–Crippen MR) is 47.6 cm³/mol. The van der Waals surface area contributed by atoms with Crippen LogP contribution in [-0.4, -0.2) is 15.2 Å². The lowest BCUT2D eigenvalue weighted by atomic mass is 10.2. The lowest BCUT2D eigenvalue weighted by molar-refractivity contribution is 0.628. The molecule has 3 nitrogen and oxygen atoms in total. The number of hydrogen-bond donors (Lipinski definition) is 1. The second kappa shape index (κ2) is 3.10. The molecule has 1 heterocycles. The van der Waals surface area contributed by atoms with E-state index >= 15 is 0 Å². The summed E-state index contributed by atoms with van der Waals surface area (Å²) >= 11 is 4.72. The van der Waals surface area contributed by atoms with Crippen molar-refractivity contribution in [3.8, 4) is 11.4 Å². The van der Waals surface area contributed by atoms with Gasteiger partial charge in [0.2, 0.25) is 5.16 Å². The molecular weight excluding hydrogens is 189 g/mol. The third kappa shape index (κ3) is 1.65. The fourth-order valence-electron chi connectivity index (χ4n) is 1.01. The van der Waals surface area contributed by atoms with Gasteiger partial charge >= 0.3 is 0 Å². The van der Waals surface area contributed by atoms with Gasteiger partial charge in [0.25, 0.3) is 0 Å². The molecule has 0 unspecified atom stereocenters. The Bertz CT molecular complexity index is 427. The lowest BCUT2D eigenvalue weighted by Gasteiger charge is -1.94. The van der Waals surface area contributed by atoms with Gasteiger partial charge in [-0.25, -0.2) is 4.39 Å². The first-order valence-corrected chi connectivity index (χ1v) is 4.02. The SMILES string of the molecule is Fc1cccc(-c2nc([S])n[nH]2)c1. The van der Waals surface area contributed by atoms with Crippen LogP contribution in [0.2, 0.25) is 0 Å². The first kappa shape index (κ1) is 8.12. The van der Waals surface area contributed by atoms with Crippen LogP contribution >= 0.6 is 12.6 Å². The Balaban J connectivity index is 2.46. The first-order chi connectivity index (χ1) is 6.25. The molecule has 1 radical (unpaired) electrons. The Labute approximate surface area is 79.4 Å². The molecule has 0 aliphatic rings. The highest BCUT2D eigenvalue weighted by molar-refractivity contribution is 7.80. The number of H-pyrrole nitrogens is 1. The predicted octanol–water partition coefficient (Wildman–Crippen LogP) is 2.17. The minimum Gasteiger partial charge on any atom is -0.258 e. The molecule has 0 atom stereocenters. The molecule has 0 fully saturated rings. The molecule has 0 bridgehead atoms. The van der Waals surface area contributed by atoms with Gasteiger partial charge in [-0.1, -0.05) is 12.1 Å². The van der Waals surface area contributed by atoms with E-state index in [9.17, 15) is 4.39 Å². The van der Waals surface area contributed by atoms with Crippen LogP contribution in [0.3, 0.4) is 0 Å². The number of nitrogens with one attached hydrogen (secondary N) is 1. The van der Waals surface area contributed by atoms with Gasteiger partial charge in [0.1, 0.15) is 5.82 Å². The zero-order valence-corrected chi connectivity index (χ0v) is 7.31. The highest BCUT2D eigenvalue weighted by Gasteiger charge is 2.03. The quantitative estimate of drug-likeness (QED) is 0.755. The van der Waals surface area contributed by atoms with Crippen molar-refractivity contribution in [1.82, 2.24) is 15.2 Å². The van der Waals surface area contributed by atoms with Crippen molar-refractivity contribution in [2.45, 2.75) is 5.16 Å². The van der Waals surface area contributed by atoms with Crippen LogP contribution in [0, 0.1) is 5.82 Å². The lowest BCUT2D eigenvalue weighted by Crippen LogP contribution is -1.81. The standard InChI is InChI=1S/C8H5FN3S/c9-6-3-1-2-5(4-6)7-10-8(13)12-11-7/h1-4H,(H,10,11,12). The van der Waals surface area contributed by atoms with Crippen molar-refractivity contribution < 1.29 is 4.39 Å². The van der Waals surface area contributed by atoms with Crippen molar-refractivity contribution >= 4 is 12.6 Å². The summed E-state index contributed by atoms with van der Waals surface area (Å²) in [5.74, 6) is 0.185. The van der Waals surface area contributed by atoms with E-state index in [0.717, 1.165) is 0 Å². The summed E-state index contributed by atoms with van der Waals surface area (Å²) in [6.07, 6.45) is 0. The maximum absolute atomic E-state index is 12.8. The van der Waals surface area contributed by atoms with E-state index in [1.807, 2.05) is 0 Å². The Morgan fingerprint density at radius 2 is 2.23 bits per heavy atom. The molecule has 5 heteroatoms. The van der Waals surface area contributed by atoms with Crippen LogP contribution < -0.4 is 0 Å². The summed E-state index contributed by atoms with van der Waals surface area (Å²) in [6, 6.07) is 6.08. The number of aromatic nitrogens is 3. The second-order valence-electron chi connectivity index (χ2n) is 2.48. The summed E-state index contributed by atoms with van der Waals surface area (Å²) in [6.45, 7) is 0. The number of rotatable bonds is 1. The van der Waals surface area contributed by atoms with Gasteiger partial charge in [-0.05, 0) is 24.8 Å². The molecule has 1 aromatic heterocycles. The normalized spacial score (nSPS) is 10.2. The van der Waals surface area contributed by atoms with Gasteiger partial charge in [0.15, 0.2) is 5.82 Å². The molecule has 0 spiro atoms. The number of halogens is 1. The van der Waals surface area contributed by atoms with Crippen molar-refractivity contribution in [3.05, 3.63) is 30.1 Å². The number of nitrogens with zero attached hydrogens (tertiary/aromatic N) is 2. The molecule has 1 aromatic carbocycles. The van der Waals surface area contributed by atoms with Crippen molar-refractivity contribution in [1.29, 1.82) is 0 Å². The Hall–Kier alpha value is -1.49. The van der Waals surface area contributed by atoms with E-state index in [-0.39, 0.29) is 11.0 Å². The molecule has 65 valence electrons. The highest BCUT2D eigenvalue weighted by atomic mass is 32.1. The minimum atomic E-state index is -0.306. The van der Waals surface area contributed by atoms with Gasteiger partial charge in [-0.2, -0.15) is 4.98 Å². The van der Waals surface area contributed by atoms with Crippen LogP contribution in [-0.2, 0) is 0 Å². The number of benzene rings is 1. The van der Waals surface area contributed by atoms with E-state index in [1.165, 1.54) is 12.1 Å². The van der Waals surface area contributed by atoms with E-state index in [2.05, 4.69) is 15.2 Å². The zero-order valence-electron chi connectivity index (χ0n) is 6.49. The zero-order chi connectivity index (χ0) is 9.26. The number of hydrogen-bond acceptors (Lipinski definition) is 2. The van der Waals surface area contributed by atoms with Crippen LogP contribution in [0.4, 0.5) is 4.39 Å². The average molecular weight is 194 g/mol. The summed E-state index contributed by atoms with van der Waals surface area (Å²) in [5, 5.41) is 6.53. The third-order valence-corrected chi connectivity index (χ3v) is 1.75. The van der Waals surface area contributed by atoms with E-state index < -0.39 is 0 Å². The van der Waals surface area contributed by atoms with Crippen molar-refractivity contribution in [2.75, 3.05) is 0 Å². The summed E-state index contributed by atoms with van der Waals surface area (Å²) < 4.78 is 12.8. The average Bonchev–Trinajstić information content (AvgIpc) is 2.52. The van der Waals surface area contributed by atoms with Gasteiger partial charge in [0, 0.05) is 5.56 Å². The fourth-order valence-corrected chi connectivity index (χ4v) is 1.15. The molecule has 13 heavy (non-hydrogen) atoms. The third-order valence-electron chi connectivity index (χ3n) is 1.56. The highest BCUT2D eigenvalue weighted by Crippen LogP contribution is 2.15. The summed E-state index contributed by atoms with van der Waals surface area (Å²) in [7, 11) is 0. The maximum atomic E-state index is 12.8. The molecule has 0 saturated heterocycles. The Kier molecular flexibility index (Phi) is 1.94. The van der Waals surface area contributed by atoms with Crippen molar-refractivity contribution in [2.24, 2.45) is 0 Å².